The fourth-order valence-corrected chi connectivity index (χ4v) is 4.27. The summed E-state index contributed by atoms with van der Waals surface area (Å²) < 4.78 is 1.91. The summed E-state index contributed by atoms with van der Waals surface area (Å²) in [6.45, 7) is 0. The molecule has 0 unspecified atom stereocenters. The van der Waals surface area contributed by atoms with Crippen molar-refractivity contribution in [2.75, 3.05) is 18.7 Å². The summed E-state index contributed by atoms with van der Waals surface area (Å²) >= 11 is 1.64. The van der Waals surface area contributed by atoms with Gasteiger partial charge in [-0.05, 0) is 25.0 Å². The Kier molecular flexibility index (Phi) is 3.96. The molecule has 3 heterocycles. The third-order valence-corrected chi connectivity index (χ3v) is 5.69. The molecule has 1 saturated heterocycles. The maximum Gasteiger partial charge on any atom is 0.246 e. The van der Waals surface area contributed by atoms with Crippen molar-refractivity contribution in [1.82, 2.24) is 19.2 Å². The van der Waals surface area contributed by atoms with Gasteiger partial charge in [-0.15, -0.1) is 11.8 Å². The largest absolute Gasteiger partial charge is 0.341 e. The number of amides is 2. The molecule has 1 aliphatic carbocycles. The molecule has 0 N–H and O–H groups in total. The van der Waals surface area contributed by atoms with Crippen molar-refractivity contribution in [2.24, 2.45) is 0 Å². The predicted octanol–water partition coefficient (Wildman–Crippen LogP) is 1.40. The van der Waals surface area contributed by atoms with Crippen molar-refractivity contribution in [3.8, 4) is 0 Å². The second kappa shape index (κ2) is 6.12. The number of hydrogen-bond donors (Lipinski definition) is 0. The molecule has 126 valence electrons. The first kappa shape index (κ1) is 15.5. The Labute approximate surface area is 144 Å². The van der Waals surface area contributed by atoms with Crippen LogP contribution in [0.3, 0.4) is 0 Å². The van der Waals surface area contributed by atoms with Crippen LogP contribution in [0.25, 0.3) is 5.65 Å². The van der Waals surface area contributed by atoms with Crippen molar-refractivity contribution >= 4 is 29.2 Å². The molecule has 1 saturated carbocycles. The van der Waals surface area contributed by atoms with Crippen LogP contribution in [0.4, 0.5) is 0 Å². The molecular formula is C17H20N4O2S. The molecular weight excluding hydrogens is 324 g/mol. The van der Waals surface area contributed by atoms with Gasteiger partial charge in [0.15, 0.2) is 0 Å². The van der Waals surface area contributed by atoms with Crippen molar-refractivity contribution in [2.45, 2.75) is 31.3 Å². The summed E-state index contributed by atoms with van der Waals surface area (Å²) in [5.74, 6) is 1.32. The first-order valence-corrected chi connectivity index (χ1v) is 9.35. The molecule has 2 aliphatic rings. The van der Waals surface area contributed by atoms with Gasteiger partial charge in [-0.2, -0.15) is 0 Å². The molecule has 4 rings (SSSR count). The van der Waals surface area contributed by atoms with Crippen LogP contribution in [-0.2, 0) is 16.0 Å². The number of hydrogen-bond acceptors (Lipinski definition) is 4. The zero-order valence-electron chi connectivity index (χ0n) is 13.6. The molecule has 7 heteroatoms. The third-order valence-electron chi connectivity index (χ3n) is 4.68. The third kappa shape index (κ3) is 2.88. The second-order valence-electron chi connectivity index (χ2n) is 6.43. The fourth-order valence-electron chi connectivity index (χ4n) is 3.10. The van der Waals surface area contributed by atoms with Gasteiger partial charge in [0.25, 0.3) is 0 Å². The molecule has 2 amide bonds. The summed E-state index contributed by atoms with van der Waals surface area (Å²) in [4.78, 5) is 33.4. The summed E-state index contributed by atoms with van der Waals surface area (Å²) in [5, 5.41) is 0. The Balaban J connectivity index is 1.47. The highest BCUT2D eigenvalue weighted by Gasteiger charge is 2.40. The highest BCUT2D eigenvalue weighted by molar-refractivity contribution is 7.99. The van der Waals surface area contributed by atoms with E-state index in [1.165, 1.54) is 0 Å². The number of carbonyl (C=O) groups is 2. The highest BCUT2D eigenvalue weighted by atomic mass is 32.2. The Morgan fingerprint density at radius 1 is 1.38 bits per heavy atom. The minimum absolute atomic E-state index is 0.0223. The van der Waals surface area contributed by atoms with Crippen molar-refractivity contribution in [3.63, 3.8) is 0 Å². The van der Waals surface area contributed by atoms with E-state index in [4.69, 9.17) is 0 Å². The van der Waals surface area contributed by atoms with E-state index in [0.29, 0.717) is 17.7 Å². The first-order chi connectivity index (χ1) is 11.6. The number of likely N-dealkylation sites (N-methyl/N-ethyl adjacent to an activating group) is 1. The summed E-state index contributed by atoms with van der Waals surface area (Å²) in [6.07, 6.45) is 6.19. The van der Waals surface area contributed by atoms with Gasteiger partial charge in [-0.3, -0.25) is 9.59 Å². The zero-order valence-corrected chi connectivity index (χ0v) is 14.4. The van der Waals surface area contributed by atoms with E-state index in [1.54, 1.807) is 16.7 Å². The molecule has 2 aromatic heterocycles. The van der Waals surface area contributed by atoms with Gasteiger partial charge in [0.2, 0.25) is 11.8 Å². The van der Waals surface area contributed by atoms with Gasteiger partial charge < -0.3 is 14.2 Å². The van der Waals surface area contributed by atoms with E-state index in [-0.39, 0.29) is 24.3 Å². The molecule has 24 heavy (non-hydrogen) atoms. The zero-order chi connectivity index (χ0) is 16.7. The maximum atomic E-state index is 12.7. The number of carbonyl (C=O) groups excluding carboxylic acids is 2. The fraction of sp³-hybridized carbons (Fsp3) is 0.471. The van der Waals surface area contributed by atoms with Gasteiger partial charge in [0.1, 0.15) is 11.7 Å². The molecule has 1 aliphatic heterocycles. The van der Waals surface area contributed by atoms with Gasteiger partial charge in [0, 0.05) is 31.2 Å². The van der Waals surface area contributed by atoms with Gasteiger partial charge >= 0.3 is 0 Å². The van der Waals surface area contributed by atoms with Crippen LogP contribution in [-0.4, -0.2) is 61.8 Å². The van der Waals surface area contributed by atoms with Crippen molar-refractivity contribution < 1.29 is 9.59 Å². The minimum atomic E-state index is -0.329. The number of rotatable bonds is 4. The normalized spacial score (nSPS) is 20.5. The monoisotopic (exact) mass is 344 g/mol. The summed E-state index contributed by atoms with van der Waals surface area (Å²) in [5.41, 5.74) is 1.57. The molecule has 0 aromatic carbocycles. The predicted molar refractivity (Wildman–Crippen MR) is 92.6 cm³/mol. The van der Waals surface area contributed by atoms with Gasteiger partial charge in [0.05, 0.1) is 18.0 Å². The minimum Gasteiger partial charge on any atom is -0.341 e. The van der Waals surface area contributed by atoms with E-state index >= 15 is 0 Å². The lowest BCUT2D eigenvalue weighted by molar-refractivity contribution is -0.142. The first-order valence-electron chi connectivity index (χ1n) is 8.20. The Bertz CT molecular complexity index is 753. The van der Waals surface area contributed by atoms with Crippen LogP contribution in [0.2, 0.25) is 0 Å². The van der Waals surface area contributed by atoms with Crippen LogP contribution in [0.15, 0.2) is 30.6 Å². The van der Waals surface area contributed by atoms with E-state index < -0.39 is 0 Å². The van der Waals surface area contributed by atoms with Crippen LogP contribution in [0, 0.1) is 0 Å². The summed E-state index contributed by atoms with van der Waals surface area (Å²) in [7, 11) is 1.85. The average Bonchev–Trinajstić information content (AvgIpc) is 3.17. The van der Waals surface area contributed by atoms with Crippen LogP contribution >= 0.6 is 11.8 Å². The van der Waals surface area contributed by atoms with Crippen LogP contribution < -0.4 is 0 Å². The summed E-state index contributed by atoms with van der Waals surface area (Å²) in [6, 6.07) is 5.81. The Hall–Kier alpha value is -2.02. The maximum absolute atomic E-state index is 12.7. The SMILES string of the molecule is CN(C(=O)[C@@H]1CSCN1C(=O)Cc1cn2ccccc2n1)C1CC1. The van der Waals surface area contributed by atoms with Gasteiger partial charge in [-0.25, -0.2) is 4.98 Å². The van der Waals surface area contributed by atoms with Crippen molar-refractivity contribution in [1.29, 1.82) is 0 Å². The molecule has 2 fully saturated rings. The Morgan fingerprint density at radius 2 is 2.21 bits per heavy atom. The van der Waals surface area contributed by atoms with E-state index in [0.717, 1.165) is 24.2 Å². The molecule has 0 bridgehead atoms. The van der Waals surface area contributed by atoms with Crippen LogP contribution in [0.1, 0.15) is 18.5 Å². The number of fused-ring (bicyclic) bond motifs is 1. The second-order valence-corrected chi connectivity index (χ2v) is 7.43. The Morgan fingerprint density at radius 3 is 2.96 bits per heavy atom. The van der Waals surface area contributed by atoms with E-state index in [2.05, 4.69) is 4.98 Å². The number of nitrogens with zero attached hydrogens (tertiary/aromatic N) is 4. The quantitative estimate of drug-likeness (QED) is 0.841. The lowest BCUT2D eigenvalue weighted by Crippen LogP contribution is -2.48. The number of thioether (sulfide) groups is 1. The number of imidazole rings is 1. The topological polar surface area (TPSA) is 57.9 Å². The highest BCUT2D eigenvalue weighted by Crippen LogP contribution is 2.29. The average molecular weight is 344 g/mol. The molecule has 0 spiro atoms. The van der Waals surface area contributed by atoms with E-state index in [9.17, 15) is 9.59 Å². The lowest BCUT2D eigenvalue weighted by atomic mass is 10.2. The van der Waals surface area contributed by atoms with Crippen molar-refractivity contribution in [3.05, 3.63) is 36.3 Å². The van der Waals surface area contributed by atoms with Gasteiger partial charge in [-0.1, -0.05) is 6.07 Å². The van der Waals surface area contributed by atoms with Crippen LogP contribution in [0.5, 0.6) is 0 Å². The molecule has 0 radical (unpaired) electrons. The van der Waals surface area contributed by atoms with E-state index in [1.807, 2.05) is 46.9 Å². The molecule has 2 aromatic rings. The smallest absolute Gasteiger partial charge is 0.246 e. The molecule has 1 atom stereocenters. The number of aromatic nitrogens is 2. The number of pyridine rings is 1. The lowest BCUT2D eigenvalue weighted by Gasteiger charge is -2.27. The molecule has 6 nitrogen and oxygen atoms in total. The standard InChI is InChI=1S/C17H20N4O2S/c1-19(13-5-6-13)17(23)14-10-24-11-21(14)16(22)8-12-9-20-7-3-2-4-15(20)18-12/h2-4,7,9,13-14H,5-6,8,10-11H2,1H3/t14-/m0/s1.